The number of hydrogen-bond acceptors (Lipinski definition) is 8. The van der Waals surface area contributed by atoms with Crippen LogP contribution in [0.5, 0.6) is 17.2 Å². The monoisotopic (exact) mass is 456 g/mol. The van der Waals surface area contributed by atoms with E-state index in [4.69, 9.17) is 19.9 Å². The molecule has 3 N–H and O–H groups in total. The SMILES string of the molecule is COCCN=c1scc(-c2ccc(O)c(C(N)=O)c2)n1/N=C/c1ccc(OC)cc1OC. The van der Waals surface area contributed by atoms with Crippen molar-refractivity contribution in [3.8, 4) is 28.5 Å². The number of thiazole rings is 1. The van der Waals surface area contributed by atoms with Crippen LogP contribution < -0.4 is 20.0 Å². The third kappa shape index (κ3) is 5.16. The lowest BCUT2D eigenvalue weighted by Crippen LogP contribution is -2.14. The number of phenols is 1. The molecule has 0 saturated carbocycles. The van der Waals surface area contributed by atoms with Crippen molar-refractivity contribution in [1.82, 2.24) is 4.68 Å². The Morgan fingerprint density at radius 1 is 1.19 bits per heavy atom. The van der Waals surface area contributed by atoms with Crippen LogP contribution in [0.15, 0.2) is 51.9 Å². The van der Waals surface area contributed by atoms with Gasteiger partial charge in [-0.3, -0.25) is 9.79 Å². The van der Waals surface area contributed by atoms with Crippen LogP contribution in [0.4, 0.5) is 0 Å². The molecule has 9 nitrogen and oxygen atoms in total. The summed E-state index contributed by atoms with van der Waals surface area (Å²) in [6, 6.07) is 10.0. The van der Waals surface area contributed by atoms with Gasteiger partial charge in [-0.15, -0.1) is 11.3 Å². The highest BCUT2D eigenvalue weighted by Gasteiger charge is 2.13. The van der Waals surface area contributed by atoms with Gasteiger partial charge in [0.1, 0.15) is 17.2 Å². The van der Waals surface area contributed by atoms with Crippen LogP contribution in [0.25, 0.3) is 11.3 Å². The maximum absolute atomic E-state index is 11.7. The molecule has 0 atom stereocenters. The molecular weight excluding hydrogens is 432 g/mol. The summed E-state index contributed by atoms with van der Waals surface area (Å²) in [4.78, 5) is 16.9. The predicted octanol–water partition coefficient (Wildman–Crippen LogP) is 2.47. The molecule has 0 aliphatic rings. The number of aromatic nitrogens is 1. The lowest BCUT2D eigenvalue weighted by molar-refractivity contribution is 0.0998. The Bertz CT molecular complexity index is 1200. The van der Waals surface area contributed by atoms with E-state index >= 15 is 0 Å². The quantitative estimate of drug-likeness (QED) is 0.379. The third-order valence-electron chi connectivity index (χ3n) is 4.54. The average Bonchev–Trinajstić information content (AvgIpc) is 3.20. The number of aromatic hydroxyl groups is 1. The Hall–Kier alpha value is -3.63. The third-order valence-corrected chi connectivity index (χ3v) is 5.39. The molecule has 0 aliphatic carbocycles. The number of carbonyl (C=O) groups excluding carboxylic acids is 1. The molecule has 0 spiro atoms. The lowest BCUT2D eigenvalue weighted by atomic mass is 10.1. The van der Waals surface area contributed by atoms with Crippen molar-refractivity contribution in [3.63, 3.8) is 0 Å². The highest BCUT2D eigenvalue weighted by Crippen LogP contribution is 2.27. The Morgan fingerprint density at radius 3 is 2.69 bits per heavy atom. The number of primary amides is 1. The molecular formula is C22H24N4O5S. The molecule has 0 saturated heterocycles. The first-order chi connectivity index (χ1) is 15.5. The van der Waals surface area contributed by atoms with Crippen molar-refractivity contribution in [2.75, 3.05) is 34.5 Å². The number of methoxy groups -OCH3 is 3. The van der Waals surface area contributed by atoms with Crippen LogP contribution in [-0.2, 0) is 4.74 Å². The summed E-state index contributed by atoms with van der Waals surface area (Å²) in [7, 11) is 4.77. The van der Waals surface area contributed by atoms with E-state index in [0.717, 1.165) is 5.56 Å². The second-order valence-electron chi connectivity index (χ2n) is 6.54. The van der Waals surface area contributed by atoms with Gasteiger partial charge >= 0.3 is 0 Å². The molecule has 168 valence electrons. The number of rotatable bonds is 9. The molecule has 0 fully saturated rings. The zero-order chi connectivity index (χ0) is 23.1. The minimum atomic E-state index is -0.720. The van der Waals surface area contributed by atoms with Gasteiger partial charge in [0.05, 0.1) is 44.8 Å². The first-order valence-corrected chi connectivity index (χ1v) is 10.5. The Labute approximate surface area is 189 Å². The second kappa shape index (κ2) is 10.6. The van der Waals surface area contributed by atoms with E-state index in [0.29, 0.717) is 40.7 Å². The van der Waals surface area contributed by atoms with E-state index in [1.165, 1.54) is 23.5 Å². The van der Waals surface area contributed by atoms with Gasteiger partial charge in [0.25, 0.3) is 5.91 Å². The van der Waals surface area contributed by atoms with Gasteiger partial charge < -0.3 is 25.1 Å². The summed E-state index contributed by atoms with van der Waals surface area (Å²) in [5, 5.41) is 16.4. The zero-order valence-corrected chi connectivity index (χ0v) is 18.8. The zero-order valence-electron chi connectivity index (χ0n) is 17.9. The van der Waals surface area contributed by atoms with Crippen LogP contribution in [-0.4, -0.2) is 56.4 Å². The minimum absolute atomic E-state index is 0.0268. The molecule has 0 bridgehead atoms. The van der Waals surface area contributed by atoms with Crippen molar-refractivity contribution >= 4 is 23.5 Å². The van der Waals surface area contributed by atoms with Gasteiger partial charge in [-0.2, -0.15) is 5.10 Å². The number of nitrogens with zero attached hydrogens (tertiary/aromatic N) is 3. The highest BCUT2D eigenvalue weighted by atomic mass is 32.1. The average molecular weight is 457 g/mol. The van der Waals surface area contributed by atoms with Crippen LogP contribution in [0.1, 0.15) is 15.9 Å². The van der Waals surface area contributed by atoms with Crippen molar-refractivity contribution in [3.05, 3.63) is 57.7 Å². The van der Waals surface area contributed by atoms with Gasteiger partial charge in [-0.25, -0.2) is 4.68 Å². The number of ether oxygens (including phenoxy) is 3. The van der Waals surface area contributed by atoms with E-state index in [-0.39, 0.29) is 11.3 Å². The molecule has 3 aromatic rings. The summed E-state index contributed by atoms with van der Waals surface area (Å²) in [5.74, 6) is 0.368. The smallest absolute Gasteiger partial charge is 0.252 e. The minimum Gasteiger partial charge on any atom is -0.507 e. The molecule has 1 amide bonds. The summed E-state index contributed by atoms with van der Waals surface area (Å²) < 4.78 is 17.4. The van der Waals surface area contributed by atoms with Crippen molar-refractivity contribution in [2.24, 2.45) is 15.8 Å². The van der Waals surface area contributed by atoms with Crippen molar-refractivity contribution in [1.29, 1.82) is 0 Å². The van der Waals surface area contributed by atoms with Crippen LogP contribution >= 0.6 is 11.3 Å². The normalized spacial score (nSPS) is 11.8. The van der Waals surface area contributed by atoms with E-state index in [1.54, 1.807) is 44.4 Å². The van der Waals surface area contributed by atoms with E-state index < -0.39 is 5.91 Å². The summed E-state index contributed by atoms with van der Waals surface area (Å²) in [6.45, 7) is 0.925. The molecule has 1 heterocycles. The van der Waals surface area contributed by atoms with Gasteiger partial charge in [0.2, 0.25) is 4.80 Å². The largest absolute Gasteiger partial charge is 0.507 e. The standard InChI is InChI=1S/C22H24N4O5S/c1-29-9-8-24-22-26(25-12-15-4-6-16(30-2)11-20(15)31-3)18(13-32-22)14-5-7-19(27)17(10-14)21(23)28/h4-7,10-13,27H,8-9H2,1-3H3,(H2,23,28)/b24-22?,25-12+. The first kappa shape index (κ1) is 23.0. The summed E-state index contributed by atoms with van der Waals surface area (Å²) in [6.07, 6.45) is 1.65. The molecule has 0 unspecified atom stereocenters. The topological polar surface area (TPSA) is 121 Å². The first-order valence-electron chi connectivity index (χ1n) is 9.58. The van der Waals surface area contributed by atoms with Crippen LogP contribution in [0.3, 0.4) is 0 Å². The van der Waals surface area contributed by atoms with Crippen molar-refractivity contribution < 1.29 is 24.1 Å². The number of amides is 1. The number of hydrogen-bond donors (Lipinski definition) is 2. The molecule has 10 heteroatoms. The second-order valence-corrected chi connectivity index (χ2v) is 7.38. The van der Waals surface area contributed by atoms with Gasteiger partial charge in [0.15, 0.2) is 0 Å². The fraction of sp³-hybridized carbons (Fsp3) is 0.227. The number of carbonyl (C=O) groups is 1. The molecule has 3 rings (SSSR count). The molecule has 0 aliphatic heterocycles. The number of nitrogens with two attached hydrogens (primary N) is 1. The maximum Gasteiger partial charge on any atom is 0.252 e. The Balaban J connectivity index is 2.11. The summed E-state index contributed by atoms with van der Waals surface area (Å²) >= 11 is 1.39. The fourth-order valence-electron chi connectivity index (χ4n) is 2.89. The van der Waals surface area contributed by atoms with Gasteiger partial charge in [-0.1, -0.05) is 0 Å². The molecule has 0 radical (unpaired) electrons. The van der Waals surface area contributed by atoms with Crippen molar-refractivity contribution in [2.45, 2.75) is 0 Å². The van der Waals surface area contributed by atoms with E-state index in [9.17, 15) is 9.90 Å². The van der Waals surface area contributed by atoms with Crippen LogP contribution in [0, 0.1) is 0 Å². The molecule has 32 heavy (non-hydrogen) atoms. The molecule has 2 aromatic carbocycles. The van der Waals surface area contributed by atoms with E-state index in [1.807, 2.05) is 17.5 Å². The highest BCUT2D eigenvalue weighted by molar-refractivity contribution is 7.07. The molecule has 1 aromatic heterocycles. The lowest BCUT2D eigenvalue weighted by Gasteiger charge is -2.08. The van der Waals surface area contributed by atoms with Crippen LogP contribution in [0.2, 0.25) is 0 Å². The summed E-state index contributed by atoms with van der Waals surface area (Å²) in [5.41, 5.74) is 7.48. The maximum atomic E-state index is 11.7. The predicted molar refractivity (Wildman–Crippen MR) is 123 cm³/mol. The number of benzene rings is 2. The van der Waals surface area contributed by atoms with Gasteiger partial charge in [-0.05, 0) is 30.3 Å². The van der Waals surface area contributed by atoms with E-state index in [2.05, 4.69) is 10.1 Å². The fourth-order valence-corrected chi connectivity index (χ4v) is 3.75. The Morgan fingerprint density at radius 2 is 2.00 bits per heavy atom. The Kier molecular flexibility index (Phi) is 7.63. The van der Waals surface area contributed by atoms with Gasteiger partial charge in [0, 0.05) is 29.7 Å².